The first kappa shape index (κ1) is 19.9. The lowest BCUT2D eigenvalue weighted by molar-refractivity contribution is -0.133. The Bertz CT molecular complexity index is 854. The van der Waals surface area contributed by atoms with Crippen molar-refractivity contribution in [2.24, 2.45) is 0 Å². The Balaban J connectivity index is 1.51. The van der Waals surface area contributed by atoms with Crippen molar-refractivity contribution in [1.29, 1.82) is 0 Å². The number of nitrogens with zero attached hydrogens (tertiary/aromatic N) is 2. The van der Waals surface area contributed by atoms with Crippen LogP contribution in [0.1, 0.15) is 19.4 Å². The summed E-state index contributed by atoms with van der Waals surface area (Å²) in [4.78, 5) is 43.4. The van der Waals surface area contributed by atoms with Crippen LogP contribution in [0.5, 0.6) is 0 Å². The maximum absolute atomic E-state index is 12.7. The van der Waals surface area contributed by atoms with Gasteiger partial charge in [-0.15, -0.1) is 0 Å². The van der Waals surface area contributed by atoms with E-state index in [1.807, 2.05) is 40.3 Å². The number of hydrogen-bond donors (Lipinski definition) is 3. The summed E-state index contributed by atoms with van der Waals surface area (Å²) in [5, 5.41) is 5.96. The molecular formula is C20H27N5O3. The molecule has 4 amide bonds. The molecule has 3 rings (SSSR count). The molecular weight excluding hydrogens is 358 g/mol. The van der Waals surface area contributed by atoms with E-state index in [4.69, 9.17) is 0 Å². The minimum atomic E-state index is -0.480. The highest BCUT2D eigenvalue weighted by Crippen LogP contribution is 2.19. The highest BCUT2D eigenvalue weighted by atomic mass is 16.2. The van der Waals surface area contributed by atoms with Gasteiger partial charge >= 0.3 is 6.03 Å². The fourth-order valence-corrected chi connectivity index (χ4v) is 3.50. The maximum Gasteiger partial charge on any atom is 0.321 e. The lowest BCUT2D eigenvalue weighted by Gasteiger charge is -2.37. The third kappa shape index (κ3) is 4.51. The number of H-pyrrole nitrogens is 1. The predicted octanol–water partition coefficient (Wildman–Crippen LogP) is 1.09. The van der Waals surface area contributed by atoms with Crippen LogP contribution >= 0.6 is 0 Å². The number of hydrogen-bond acceptors (Lipinski definition) is 4. The van der Waals surface area contributed by atoms with E-state index in [0.717, 1.165) is 16.5 Å². The maximum atomic E-state index is 12.7. The van der Waals surface area contributed by atoms with Crippen LogP contribution in [0, 0.1) is 0 Å². The fraction of sp³-hybridized carbons (Fsp3) is 0.450. The van der Waals surface area contributed by atoms with E-state index in [1.165, 1.54) is 0 Å². The van der Waals surface area contributed by atoms with Gasteiger partial charge in [-0.05, 0) is 25.5 Å². The number of fused-ring (bicyclic) bond motifs is 1. The van der Waals surface area contributed by atoms with Crippen molar-refractivity contribution in [3.63, 3.8) is 0 Å². The lowest BCUT2D eigenvalue weighted by Crippen LogP contribution is -2.56. The fourth-order valence-electron chi connectivity index (χ4n) is 3.50. The van der Waals surface area contributed by atoms with Crippen molar-refractivity contribution in [2.45, 2.75) is 26.3 Å². The number of aromatic amines is 1. The smallest absolute Gasteiger partial charge is 0.321 e. The molecule has 3 N–H and O–H groups in total. The Kier molecular flexibility index (Phi) is 6.30. The summed E-state index contributed by atoms with van der Waals surface area (Å²) in [5.74, 6) is -0.242. The van der Waals surface area contributed by atoms with Crippen LogP contribution in [0.2, 0.25) is 0 Å². The minimum Gasteiger partial charge on any atom is -0.361 e. The average Bonchev–Trinajstić information content (AvgIpc) is 3.10. The van der Waals surface area contributed by atoms with Gasteiger partial charge in [0.05, 0.1) is 12.5 Å². The zero-order chi connectivity index (χ0) is 20.1. The van der Waals surface area contributed by atoms with Crippen molar-refractivity contribution in [3.8, 4) is 0 Å². The van der Waals surface area contributed by atoms with Crippen LogP contribution in [0.25, 0.3) is 10.9 Å². The number of carbonyl (C=O) groups is 3. The Hall–Kier alpha value is -2.87. The molecule has 1 aliphatic rings. The van der Waals surface area contributed by atoms with E-state index < -0.39 is 12.1 Å². The number of piperazine rings is 1. The molecule has 1 aliphatic heterocycles. The number of nitrogens with one attached hydrogen (secondary N) is 3. The second kappa shape index (κ2) is 8.88. The van der Waals surface area contributed by atoms with Crippen molar-refractivity contribution in [1.82, 2.24) is 25.4 Å². The Labute approximate surface area is 164 Å². The van der Waals surface area contributed by atoms with Crippen molar-refractivity contribution in [2.75, 3.05) is 32.7 Å². The molecule has 0 spiro atoms. The number of imide groups is 1. The molecule has 1 fully saturated rings. The largest absolute Gasteiger partial charge is 0.361 e. The minimum absolute atomic E-state index is 0.0869. The molecule has 1 atom stereocenters. The number of rotatable bonds is 5. The van der Waals surface area contributed by atoms with Crippen LogP contribution in [0.4, 0.5) is 4.79 Å². The van der Waals surface area contributed by atoms with Gasteiger partial charge in [-0.1, -0.05) is 18.2 Å². The van der Waals surface area contributed by atoms with Gasteiger partial charge in [0.1, 0.15) is 0 Å². The van der Waals surface area contributed by atoms with Crippen molar-refractivity contribution >= 4 is 28.7 Å². The third-order valence-corrected chi connectivity index (χ3v) is 5.18. The Morgan fingerprint density at radius 1 is 1.14 bits per heavy atom. The van der Waals surface area contributed by atoms with Crippen LogP contribution in [0.3, 0.4) is 0 Å². The lowest BCUT2D eigenvalue weighted by atomic mass is 10.1. The molecule has 2 aromatic rings. The summed E-state index contributed by atoms with van der Waals surface area (Å²) in [6.45, 7) is 6.37. The molecule has 0 bridgehead atoms. The van der Waals surface area contributed by atoms with Gasteiger partial charge < -0.3 is 15.2 Å². The normalized spacial score (nSPS) is 16.0. The molecule has 1 saturated heterocycles. The molecule has 1 aromatic carbocycles. The highest BCUT2D eigenvalue weighted by Gasteiger charge is 2.28. The molecule has 0 saturated carbocycles. The average molecular weight is 385 g/mol. The van der Waals surface area contributed by atoms with E-state index in [2.05, 4.69) is 15.6 Å². The number of benzene rings is 1. The summed E-state index contributed by atoms with van der Waals surface area (Å²) in [6, 6.07) is 7.04. The van der Waals surface area contributed by atoms with Crippen LogP contribution < -0.4 is 10.6 Å². The topological polar surface area (TPSA) is 97.5 Å². The summed E-state index contributed by atoms with van der Waals surface area (Å²) in [7, 11) is 0. The van der Waals surface area contributed by atoms with E-state index in [-0.39, 0.29) is 11.8 Å². The standard InChI is InChI=1S/C20H27N5O3/c1-3-21-20(28)23-19(27)14(2)24-8-10-25(11-9-24)18(26)12-15-13-22-17-7-5-4-6-16(15)17/h4-7,13-14,22H,3,8-12H2,1-2H3,(H2,21,23,27,28)/t14-/m1/s1. The second-order valence-corrected chi connectivity index (χ2v) is 6.98. The van der Waals surface area contributed by atoms with Gasteiger partial charge in [0.25, 0.3) is 0 Å². The van der Waals surface area contributed by atoms with Gasteiger partial charge in [-0.25, -0.2) is 4.79 Å². The SMILES string of the molecule is CCNC(=O)NC(=O)[C@@H](C)N1CCN(C(=O)Cc2c[nH]c3ccccc23)CC1. The molecule has 0 aliphatic carbocycles. The predicted molar refractivity (Wildman–Crippen MR) is 107 cm³/mol. The van der Waals surface area contributed by atoms with Crippen LogP contribution in [-0.2, 0) is 16.0 Å². The first-order chi connectivity index (χ1) is 13.5. The molecule has 0 unspecified atom stereocenters. The molecule has 2 heterocycles. The van der Waals surface area contributed by atoms with E-state index in [0.29, 0.717) is 39.1 Å². The van der Waals surface area contributed by atoms with Crippen molar-refractivity contribution in [3.05, 3.63) is 36.0 Å². The summed E-state index contributed by atoms with van der Waals surface area (Å²) < 4.78 is 0. The van der Waals surface area contributed by atoms with Gasteiger partial charge in [0.15, 0.2) is 0 Å². The summed E-state index contributed by atoms with van der Waals surface area (Å²) in [5.41, 5.74) is 2.03. The quantitative estimate of drug-likeness (QED) is 0.718. The van der Waals surface area contributed by atoms with Crippen LogP contribution in [-0.4, -0.2) is 71.4 Å². The molecule has 8 heteroatoms. The number of carbonyl (C=O) groups excluding carboxylic acids is 3. The summed E-state index contributed by atoms with van der Waals surface area (Å²) >= 11 is 0. The first-order valence-corrected chi connectivity index (χ1v) is 9.65. The zero-order valence-electron chi connectivity index (χ0n) is 16.3. The van der Waals surface area contributed by atoms with Gasteiger partial charge in [0.2, 0.25) is 11.8 Å². The number of para-hydroxylation sites is 1. The van der Waals surface area contributed by atoms with Gasteiger partial charge in [0, 0.05) is 49.8 Å². The number of urea groups is 1. The van der Waals surface area contributed by atoms with Gasteiger partial charge in [-0.2, -0.15) is 0 Å². The second-order valence-electron chi connectivity index (χ2n) is 6.98. The number of amides is 4. The molecule has 28 heavy (non-hydrogen) atoms. The van der Waals surface area contributed by atoms with Crippen molar-refractivity contribution < 1.29 is 14.4 Å². The molecule has 150 valence electrons. The molecule has 8 nitrogen and oxygen atoms in total. The molecule has 0 radical (unpaired) electrons. The first-order valence-electron chi connectivity index (χ1n) is 9.65. The monoisotopic (exact) mass is 385 g/mol. The van der Waals surface area contributed by atoms with Gasteiger partial charge in [-0.3, -0.25) is 19.8 Å². The summed E-state index contributed by atoms with van der Waals surface area (Å²) in [6.07, 6.45) is 2.25. The number of aromatic nitrogens is 1. The Morgan fingerprint density at radius 2 is 1.86 bits per heavy atom. The van der Waals surface area contributed by atoms with E-state index >= 15 is 0 Å². The van der Waals surface area contributed by atoms with Crippen LogP contribution in [0.15, 0.2) is 30.5 Å². The van der Waals surface area contributed by atoms with E-state index in [1.54, 1.807) is 13.8 Å². The zero-order valence-corrected chi connectivity index (χ0v) is 16.3. The highest BCUT2D eigenvalue weighted by molar-refractivity contribution is 5.96. The molecule has 1 aromatic heterocycles. The Morgan fingerprint density at radius 3 is 2.57 bits per heavy atom. The van der Waals surface area contributed by atoms with E-state index in [9.17, 15) is 14.4 Å². The third-order valence-electron chi connectivity index (χ3n) is 5.18.